The van der Waals surface area contributed by atoms with Crippen molar-refractivity contribution >= 4 is 0 Å². The third kappa shape index (κ3) is 3.19. The highest BCUT2D eigenvalue weighted by molar-refractivity contribution is 5.17. The molecule has 19 heavy (non-hydrogen) atoms. The molecule has 3 rings (SSSR count). The Kier molecular flexibility index (Phi) is 3.91. The molecule has 1 aromatic rings. The van der Waals surface area contributed by atoms with Gasteiger partial charge in [-0.3, -0.25) is 4.90 Å². The number of likely N-dealkylation sites (N-methyl/N-ethyl adjacent to an activating group) is 1. The van der Waals surface area contributed by atoms with Gasteiger partial charge >= 0.3 is 0 Å². The predicted molar refractivity (Wildman–Crippen MR) is 73.9 cm³/mol. The molecule has 0 aromatic carbocycles. The van der Waals surface area contributed by atoms with Crippen molar-refractivity contribution in [3.8, 4) is 0 Å². The molecule has 1 aliphatic carbocycles. The van der Waals surface area contributed by atoms with Gasteiger partial charge in [0, 0.05) is 30.8 Å². The average Bonchev–Trinajstić information content (AvgIpc) is 2.96. The molecule has 0 bridgehead atoms. The van der Waals surface area contributed by atoms with Crippen molar-refractivity contribution in [3.63, 3.8) is 0 Å². The Morgan fingerprint density at radius 2 is 2.21 bits per heavy atom. The van der Waals surface area contributed by atoms with Gasteiger partial charge in [0.05, 0.1) is 18.9 Å². The molecule has 1 N–H and O–H groups in total. The minimum Gasteiger partial charge on any atom is -0.468 e. The first-order chi connectivity index (χ1) is 9.24. The zero-order valence-electron chi connectivity index (χ0n) is 11.9. The molecule has 4 nitrogen and oxygen atoms in total. The third-order valence-electron chi connectivity index (χ3n) is 4.29. The van der Waals surface area contributed by atoms with Crippen LogP contribution in [0, 0.1) is 0 Å². The standard InChI is InChI=1S/C15H24N2O2/c1-11-14(6-8-18-11)17(2)10-12-5-7-19-15(12)9-16-13-3-4-13/h5,7,11,13-14,16H,3-4,6,8-10H2,1-2H3. The minimum absolute atomic E-state index is 0.338. The van der Waals surface area contributed by atoms with Gasteiger partial charge in [0.15, 0.2) is 0 Å². The van der Waals surface area contributed by atoms with E-state index >= 15 is 0 Å². The van der Waals surface area contributed by atoms with Gasteiger partial charge in [-0.25, -0.2) is 0 Å². The van der Waals surface area contributed by atoms with Crippen LogP contribution in [0.25, 0.3) is 0 Å². The summed E-state index contributed by atoms with van der Waals surface area (Å²) in [7, 11) is 2.18. The monoisotopic (exact) mass is 264 g/mol. The fourth-order valence-corrected chi connectivity index (χ4v) is 2.87. The van der Waals surface area contributed by atoms with Crippen molar-refractivity contribution in [2.24, 2.45) is 0 Å². The summed E-state index contributed by atoms with van der Waals surface area (Å²) in [5.41, 5.74) is 1.30. The minimum atomic E-state index is 0.338. The highest BCUT2D eigenvalue weighted by atomic mass is 16.5. The molecule has 2 aliphatic rings. The van der Waals surface area contributed by atoms with Crippen LogP contribution >= 0.6 is 0 Å². The molecule has 2 heterocycles. The van der Waals surface area contributed by atoms with Gasteiger partial charge in [0.2, 0.25) is 0 Å². The molecular weight excluding hydrogens is 240 g/mol. The number of hydrogen-bond acceptors (Lipinski definition) is 4. The predicted octanol–water partition coefficient (Wildman–Crippen LogP) is 2.14. The van der Waals surface area contributed by atoms with E-state index < -0.39 is 0 Å². The van der Waals surface area contributed by atoms with Crippen LogP contribution in [0.3, 0.4) is 0 Å². The molecule has 1 saturated heterocycles. The lowest BCUT2D eigenvalue weighted by Crippen LogP contribution is -2.36. The van der Waals surface area contributed by atoms with E-state index in [-0.39, 0.29) is 0 Å². The van der Waals surface area contributed by atoms with E-state index in [9.17, 15) is 0 Å². The zero-order valence-corrected chi connectivity index (χ0v) is 11.9. The lowest BCUT2D eigenvalue weighted by molar-refractivity contribution is 0.0812. The number of rotatable bonds is 6. The highest BCUT2D eigenvalue weighted by Crippen LogP contribution is 2.23. The summed E-state index contributed by atoms with van der Waals surface area (Å²) in [6.45, 7) is 4.85. The van der Waals surface area contributed by atoms with Gasteiger partial charge in [-0.2, -0.15) is 0 Å². The molecule has 0 radical (unpaired) electrons. The van der Waals surface area contributed by atoms with E-state index in [1.54, 1.807) is 0 Å². The van der Waals surface area contributed by atoms with E-state index in [1.165, 1.54) is 18.4 Å². The average molecular weight is 264 g/mol. The lowest BCUT2D eigenvalue weighted by atomic mass is 10.1. The molecule has 0 amide bonds. The van der Waals surface area contributed by atoms with Crippen molar-refractivity contribution in [1.82, 2.24) is 10.2 Å². The Balaban J connectivity index is 1.57. The Bertz CT molecular complexity index is 414. The maximum atomic E-state index is 5.65. The van der Waals surface area contributed by atoms with Crippen LogP contribution in [-0.4, -0.2) is 36.7 Å². The summed E-state index contributed by atoms with van der Waals surface area (Å²) in [5, 5.41) is 3.51. The molecule has 2 atom stereocenters. The van der Waals surface area contributed by atoms with Crippen molar-refractivity contribution in [3.05, 3.63) is 23.7 Å². The van der Waals surface area contributed by atoms with Gasteiger partial charge in [-0.15, -0.1) is 0 Å². The molecule has 4 heteroatoms. The molecule has 2 fully saturated rings. The van der Waals surface area contributed by atoms with E-state index in [0.717, 1.165) is 37.9 Å². The number of nitrogens with one attached hydrogen (secondary N) is 1. The smallest absolute Gasteiger partial charge is 0.122 e. The van der Waals surface area contributed by atoms with Crippen molar-refractivity contribution in [1.29, 1.82) is 0 Å². The van der Waals surface area contributed by atoms with Crippen molar-refractivity contribution in [2.75, 3.05) is 13.7 Å². The number of nitrogens with zero attached hydrogens (tertiary/aromatic N) is 1. The van der Waals surface area contributed by atoms with Crippen LogP contribution < -0.4 is 5.32 Å². The van der Waals surface area contributed by atoms with Gasteiger partial charge in [0.25, 0.3) is 0 Å². The molecule has 1 aromatic heterocycles. The Labute approximate surface area is 115 Å². The molecule has 1 aliphatic heterocycles. The second kappa shape index (κ2) is 5.65. The fraction of sp³-hybridized carbons (Fsp3) is 0.733. The molecule has 0 spiro atoms. The summed E-state index contributed by atoms with van der Waals surface area (Å²) in [4.78, 5) is 2.39. The third-order valence-corrected chi connectivity index (χ3v) is 4.29. The van der Waals surface area contributed by atoms with E-state index in [4.69, 9.17) is 9.15 Å². The summed E-state index contributed by atoms with van der Waals surface area (Å²) in [6, 6.07) is 3.35. The number of hydrogen-bond donors (Lipinski definition) is 1. The Morgan fingerprint density at radius 1 is 1.37 bits per heavy atom. The largest absolute Gasteiger partial charge is 0.468 e. The van der Waals surface area contributed by atoms with Crippen LogP contribution in [0.5, 0.6) is 0 Å². The van der Waals surface area contributed by atoms with Gasteiger partial charge in [-0.1, -0.05) is 0 Å². The molecular formula is C15H24N2O2. The van der Waals surface area contributed by atoms with Gasteiger partial charge < -0.3 is 14.5 Å². The van der Waals surface area contributed by atoms with Gasteiger partial charge in [0.1, 0.15) is 5.76 Å². The SMILES string of the molecule is CC1OCCC1N(C)Cc1ccoc1CNC1CC1. The maximum absolute atomic E-state index is 5.65. The number of furan rings is 1. The van der Waals surface area contributed by atoms with Gasteiger partial charge in [-0.05, 0) is 39.3 Å². The quantitative estimate of drug-likeness (QED) is 0.854. The first-order valence-corrected chi connectivity index (χ1v) is 7.34. The van der Waals surface area contributed by atoms with Crippen LogP contribution in [0.1, 0.15) is 37.5 Å². The Morgan fingerprint density at radius 3 is 2.89 bits per heavy atom. The lowest BCUT2D eigenvalue weighted by Gasteiger charge is -2.26. The zero-order chi connectivity index (χ0) is 13.2. The molecule has 1 saturated carbocycles. The number of ether oxygens (including phenoxy) is 1. The van der Waals surface area contributed by atoms with E-state index in [1.807, 2.05) is 6.26 Å². The summed E-state index contributed by atoms with van der Waals surface area (Å²) >= 11 is 0. The molecule has 106 valence electrons. The first kappa shape index (κ1) is 13.2. The van der Waals surface area contributed by atoms with E-state index in [0.29, 0.717) is 12.1 Å². The maximum Gasteiger partial charge on any atom is 0.122 e. The van der Waals surface area contributed by atoms with E-state index in [2.05, 4.69) is 30.3 Å². The summed E-state index contributed by atoms with van der Waals surface area (Å²) < 4.78 is 11.3. The summed E-state index contributed by atoms with van der Waals surface area (Å²) in [5.74, 6) is 1.09. The second-order valence-electron chi connectivity index (χ2n) is 5.87. The summed E-state index contributed by atoms with van der Waals surface area (Å²) in [6.07, 6.45) is 5.90. The fourth-order valence-electron chi connectivity index (χ4n) is 2.87. The highest BCUT2D eigenvalue weighted by Gasteiger charge is 2.28. The molecule has 2 unspecified atom stereocenters. The van der Waals surface area contributed by atoms with Crippen LogP contribution in [-0.2, 0) is 17.8 Å². The van der Waals surface area contributed by atoms with Crippen LogP contribution in [0.15, 0.2) is 16.7 Å². The first-order valence-electron chi connectivity index (χ1n) is 7.34. The van der Waals surface area contributed by atoms with Crippen molar-refractivity contribution in [2.45, 2.75) is 57.5 Å². The Hall–Kier alpha value is -0.840. The van der Waals surface area contributed by atoms with Crippen LogP contribution in [0.2, 0.25) is 0 Å². The normalized spacial score (nSPS) is 27.3. The topological polar surface area (TPSA) is 37.6 Å². The van der Waals surface area contributed by atoms with Crippen molar-refractivity contribution < 1.29 is 9.15 Å². The second-order valence-corrected chi connectivity index (χ2v) is 5.87. The van der Waals surface area contributed by atoms with Crippen LogP contribution in [0.4, 0.5) is 0 Å².